The van der Waals surface area contributed by atoms with Gasteiger partial charge in [0.2, 0.25) is 11.8 Å². The van der Waals surface area contributed by atoms with Gasteiger partial charge < -0.3 is 15.0 Å². The Kier molecular flexibility index (Phi) is 11.9. The molecule has 0 saturated heterocycles. The van der Waals surface area contributed by atoms with Crippen LogP contribution in [0.3, 0.4) is 0 Å². The minimum atomic E-state index is -4.62. The molecule has 2 amide bonds. The molecule has 0 fully saturated rings. The van der Waals surface area contributed by atoms with Gasteiger partial charge >= 0.3 is 0 Å². The minimum absolute atomic E-state index is 0.0374. The summed E-state index contributed by atoms with van der Waals surface area (Å²) in [5, 5.41) is 14.7. The zero-order valence-electron chi connectivity index (χ0n) is 26.2. The van der Waals surface area contributed by atoms with E-state index in [-0.39, 0.29) is 46.8 Å². The second kappa shape index (κ2) is 15.2. The Bertz CT molecular complexity index is 1660. The Morgan fingerprint density at radius 3 is 2.33 bits per heavy atom. The molecule has 3 aromatic rings. The Morgan fingerprint density at radius 1 is 1.04 bits per heavy atom. The number of nitrogens with zero attached hydrogens (tertiary/aromatic N) is 3. The lowest BCUT2D eigenvalue weighted by molar-refractivity contribution is -0.385. The number of carbonyl (C=O) groups is 2. The number of carbonyl (C=O) groups excluding carboxylic acids is 2. The number of hydrogen-bond acceptors (Lipinski definition) is 7. The van der Waals surface area contributed by atoms with E-state index in [0.29, 0.717) is 6.54 Å². The minimum Gasteiger partial charge on any atom is -0.495 e. The lowest BCUT2D eigenvalue weighted by Crippen LogP contribution is -2.52. The Hall–Kier alpha value is -4.16. The number of amides is 2. The fourth-order valence-corrected chi connectivity index (χ4v) is 6.36. The van der Waals surface area contributed by atoms with Gasteiger partial charge in [-0.15, -0.1) is 0 Å². The van der Waals surface area contributed by atoms with E-state index in [1.54, 1.807) is 6.92 Å². The monoisotopic (exact) mass is 658 g/mol. The molecule has 13 heteroatoms. The van der Waals surface area contributed by atoms with Crippen LogP contribution >= 0.6 is 11.6 Å². The summed E-state index contributed by atoms with van der Waals surface area (Å²) in [6, 6.07) is 14.3. The van der Waals surface area contributed by atoms with E-state index in [0.717, 1.165) is 21.5 Å². The van der Waals surface area contributed by atoms with Crippen LogP contribution < -0.4 is 14.4 Å². The number of rotatable bonds is 14. The maximum Gasteiger partial charge on any atom is 0.273 e. The average Bonchev–Trinajstić information content (AvgIpc) is 2.99. The molecule has 1 N–H and O–H groups in total. The van der Waals surface area contributed by atoms with Crippen LogP contribution in [0.5, 0.6) is 5.75 Å². The van der Waals surface area contributed by atoms with Gasteiger partial charge in [0, 0.05) is 29.7 Å². The zero-order valence-corrected chi connectivity index (χ0v) is 27.8. The molecule has 0 saturated carbocycles. The predicted molar refractivity (Wildman–Crippen MR) is 174 cm³/mol. The average molecular weight is 659 g/mol. The standard InChI is InChI=1S/C32H39ClN4O7S/c1-7-27(32(39)34-18-21(2)3)35(19-24-11-9-8-10-22(24)4)31(38)20-36(29-16-25(33)13-15-30(29)44-6)45(42,43)26-14-12-23(5)28(17-26)37(40)41/h8-17,21,27H,7,18-20H2,1-6H3,(H,34,39). The molecule has 0 spiro atoms. The highest BCUT2D eigenvalue weighted by molar-refractivity contribution is 7.92. The van der Waals surface area contributed by atoms with Gasteiger partial charge in [0.25, 0.3) is 15.7 Å². The number of nitro groups is 1. The largest absolute Gasteiger partial charge is 0.495 e. The van der Waals surface area contributed by atoms with E-state index >= 15 is 0 Å². The normalized spacial score (nSPS) is 12.0. The van der Waals surface area contributed by atoms with Crippen LogP contribution in [-0.2, 0) is 26.2 Å². The second-order valence-corrected chi connectivity index (χ2v) is 13.3. The van der Waals surface area contributed by atoms with Crippen molar-refractivity contribution in [2.24, 2.45) is 5.92 Å². The van der Waals surface area contributed by atoms with Crippen molar-refractivity contribution >= 4 is 44.8 Å². The maximum absolute atomic E-state index is 14.3. The van der Waals surface area contributed by atoms with Crippen molar-refractivity contribution in [1.82, 2.24) is 10.2 Å². The van der Waals surface area contributed by atoms with E-state index in [1.165, 1.54) is 49.3 Å². The van der Waals surface area contributed by atoms with Crippen molar-refractivity contribution < 1.29 is 27.7 Å². The Morgan fingerprint density at radius 2 is 1.73 bits per heavy atom. The number of halogens is 1. The van der Waals surface area contributed by atoms with Gasteiger partial charge in [-0.25, -0.2) is 8.42 Å². The topological polar surface area (TPSA) is 139 Å². The van der Waals surface area contributed by atoms with Crippen molar-refractivity contribution in [2.75, 3.05) is 24.5 Å². The van der Waals surface area contributed by atoms with Crippen LogP contribution in [0.4, 0.5) is 11.4 Å². The molecule has 11 nitrogen and oxygen atoms in total. The summed E-state index contributed by atoms with van der Waals surface area (Å²) in [5.74, 6) is -0.764. The number of benzene rings is 3. The SMILES string of the molecule is CCC(C(=O)NCC(C)C)N(Cc1ccccc1C)C(=O)CN(c1cc(Cl)ccc1OC)S(=O)(=O)c1ccc(C)c([N+](=O)[O-])c1. The summed E-state index contributed by atoms with van der Waals surface area (Å²) in [6.45, 7) is 8.74. The fraction of sp³-hybridized carbons (Fsp3) is 0.375. The van der Waals surface area contributed by atoms with Crippen molar-refractivity contribution in [3.8, 4) is 5.75 Å². The second-order valence-electron chi connectivity index (χ2n) is 11.0. The molecule has 45 heavy (non-hydrogen) atoms. The summed E-state index contributed by atoms with van der Waals surface area (Å²) >= 11 is 6.29. The van der Waals surface area contributed by atoms with Gasteiger partial charge in [0.1, 0.15) is 18.3 Å². The smallest absolute Gasteiger partial charge is 0.273 e. The molecule has 3 rings (SSSR count). The van der Waals surface area contributed by atoms with Crippen molar-refractivity contribution in [3.05, 3.63) is 92.5 Å². The molecule has 1 unspecified atom stereocenters. The highest BCUT2D eigenvalue weighted by Gasteiger charge is 2.35. The Balaban J connectivity index is 2.19. The van der Waals surface area contributed by atoms with Crippen molar-refractivity contribution in [2.45, 2.75) is 58.5 Å². The van der Waals surface area contributed by atoms with Crippen LogP contribution in [0.25, 0.3) is 0 Å². The molecule has 242 valence electrons. The first-order valence-corrected chi connectivity index (χ1v) is 16.3. The molecule has 3 aromatic carbocycles. The third-order valence-corrected chi connectivity index (χ3v) is 9.32. The third kappa shape index (κ3) is 8.52. The zero-order chi connectivity index (χ0) is 33.5. The van der Waals surface area contributed by atoms with Gasteiger partial charge in [-0.3, -0.25) is 24.0 Å². The predicted octanol–water partition coefficient (Wildman–Crippen LogP) is 5.65. The summed E-state index contributed by atoms with van der Waals surface area (Å²) < 4.78 is 34.8. The molecule has 0 bridgehead atoms. The van der Waals surface area contributed by atoms with Gasteiger partial charge in [-0.05, 0) is 61.6 Å². The fourth-order valence-electron chi connectivity index (χ4n) is 4.76. The van der Waals surface area contributed by atoms with Crippen molar-refractivity contribution in [3.63, 3.8) is 0 Å². The molecule has 0 radical (unpaired) electrons. The molecule has 0 aliphatic carbocycles. The number of hydrogen-bond donors (Lipinski definition) is 1. The number of nitrogens with one attached hydrogen (secondary N) is 1. The van der Waals surface area contributed by atoms with Crippen LogP contribution in [0, 0.1) is 29.9 Å². The summed E-state index contributed by atoms with van der Waals surface area (Å²) in [4.78, 5) is 39.7. The first-order chi connectivity index (χ1) is 21.2. The first kappa shape index (κ1) is 35.3. The highest BCUT2D eigenvalue weighted by Crippen LogP contribution is 2.36. The number of sulfonamides is 1. The van der Waals surface area contributed by atoms with E-state index in [1.807, 2.05) is 45.0 Å². The molecule has 0 heterocycles. The number of methoxy groups -OCH3 is 1. The van der Waals surface area contributed by atoms with Crippen LogP contribution in [0.2, 0.25) is 5.02 Å². The van der Waals surface area contributed by atoms with E-state index in [4.69, 9.17) is 16.3 Å². The summed E-state index contributed by atoms with van der Waals surface area (Å²) in [5.41, 5.74) is 1.50. The molecular formula is C32H39ClN4O7S. The number of anilines is 1. The lowest BCUT2D eigenvalue weighted by Gasteiger charge is -2.34. The number of ether oxygens (including phenoxy) is 1. The van der Waals surface area contributed by atoms with Gasteiger partial charge in [-0.1, -0.05) is 62.7 Å². The maximum atomic E-state index is 14.3. The lowest BCUT2D eigenvalue weighted by atomic mass is 10.1. The highest BCUT2D eigenvalue weighted by atomic mass is 35.5. The summed E-state index contributed by atoms with van der Waals surface area (Å²) in [7, 11) is -3.28. The number of aryl methyl sites for hydroxylation is 2. The van der Waals surface area contributed by atoms with Crippen LogP contribution in [0.15, 0.2) is 65.6 Å². The quantitative estimate of drug-likeness (QED) is 0.174. The molecule has 1 atom stereocenters. The molecular weight excluding hydrogens is 620 g/mol. The van der Waals surface area contributed by atoms with Gasteiger partial charge in [0.05, 0.1) is 22.6 Å². The van der Waals surface area contributed by atoms with Gasteiger partial charge in [-0.2, -0.15) is 0 Å². The molecule has 0 aliphatic heterocycles. The third-order valence-electron chi connectivity index (χ3n) is 7.33. The van der Waals surface area contributed by atoms with E-state index in [9.17, 15) is 28.1 Å². The van der Waals surface area contributed by atoms with Gasteiger partial charge in [0.15, 0.2) is 0 Å². The number of nitro benzene ring substituents is 1. The molecule has 0 aliphatic rings. The van der Waals surface area contributed by atoms with E-state index < -0.39 is 44.0 Å². The summed E-state index contributed by atoms with van der Waals surface area (Å²) in [6.07, 6.45) is 0.263. The first-order valence-electron chi connectivity index (χ1n) is 14.4. The van der Waals surface area contributed by atoms with Crippen LogP contribution in [0.1, 0.15) is 43.9 Å². The Labute approximate surface area is 269 Å². The van der Waals surface area contributed by atoms with Crippen LogP contribution in [-0.4, -0.2) is 56.3 Å². The molecule has 0 aromatic heterocycles. The van der Waals surface area contributed by atoms with E-state index in [2.05, 4.69) is 5.32 Å². The van der Waals surface area contributed by atoms with Crippen molar-refractivity contribution in [1.29, 1.82) is 0 Å².